The third-order valence-corrected chi connectivity index (χ3v) is 6.78. The van der Waals surface area contributed by atoms with Crippen LogP contribution in [0.25, 0.3) is 0 Å². The average molecular weight is 313 g/mol. The topological polar surface area (TPSA) is 15.3 Å². The van der Waals surface area contributed by atoms with E-state index >= 15 is 0 Å². The highest BCUT2D eigenvalue weighted by Gasteiger charge is 2.35. The van der Waals surface area contributed by atoms with Crippen LogP contribution in [0.1, 0.15) is 60.3 Å². The molecule has 2 unspecified atom stereocenters. The highest BCUT2D eigenvalue weighted by Crippen LogP contribution is 2.39. The largest absolute Gasteiger partial charge is 0.314 e. The Morgan fingerprint density at radius 3 is 2.62 bits per heavy atom. The van der Waals surface area contributed by atoms with E-state index in [2.05, 4.69) is 56.6 Å². The Hall–Kier alpha value is 0.270. The molecule has 2 rings (SSSR count). The minimum atomic E-state index is 0.474. The van der Waals surface area contributed by atoms with Crippen LogP contribution in [0.5, 0.6) is 0 Å². The highest BCUT2D eigenvalue weighted by molar-refractivity contribution is 8.00. The maximum Gasteiger partial charge on any atom is 0.0116 e. The quantitative estimate of drug-likeness (QED) is 0.844. The van der Waals surface area contributed by atoms with Gasteiger partial charge in [-0.2, -0.15) is 11.8 Å². The fourth-order valence-corrected chi connectivity index (χ4v) is 5.17. The molecule has 1 aliphatic heterocycles. The molecule has 0 bridgehead atoms. The molecule has 0 radical (unpaired) electrons. The molecule has 0 aromatic carbocycles. The van der Waals surface area contributed by atoms with Crippen molar-refractivity contribution in [2.45, 2.75) is 71.1 Å². The van der Waals surface area contributed by atoms with Crippen LogP contribution < -0.4 is 5.32 Å². The van der Waals surface area contributed by atoms with Gasteiger partial charge in [0.2, 0.25) is 0 Å². The first-order valence-corrected chi connectivity index (χ1v) is 9.90. The van der Waals surface area contributed by atoms with Gasteiger partial charge >= 0.3 is 0 Å². The van der Waals surface area contributed by atoms with Crippen LogP contribution in [0.15, 0.2) is 0 Å². The lowest BCUT2D eigenvalue weighted by atomic mass is 9.69. The zero-order valence-corrected chi connectivity index (χ0v) is 15.7. The monoisotopic (exact) mass is 312 g/mol. The van der Waals surface area contributed by atoms with Gasteiger partial charge in [0.05, 0.1) is 0 Å². The van der Waals surface area contributed by atoms with Crippen molar-refractivity contribution < 1.29 is 0 Å². The van der Waals surface area contributed by atoms with E-state index < -0.39 is 0 Å². The molecule has 0 aromatic rings. The summed E-state index contributed by atoms with van der Waals surface area (Å²) >= 11 is 2.16. The van der Waals surface area contributed by atoms with Gasteiger partial charge in [-0.3, -0.25) is 0 Å². The maximum absolute atomic E-state index is 3.76. The van der Waals surface area contributed by atoms with Crippen LogP contribution in [0.3, 0.4) is 0 Å². The molecule has 0 spiro atoms. The molecule has 2 nitrogen and oxygen atoms in total. The van der Waals surface area contributed by atoms with Crippen molar-refractivity contribution in [3.8, 4) is 0 Å². The molecule has 2 fully saturated rings. The predicted molar refractivity (Wildman–Crippen MR) is 96.2 cm³/mol. The number of hydrogen-bond acceptors (Lipinski definition) is 3. The molecule has 1 aliphatic carbocycles. The molecule has 2 atom stereocenters. The SMILES string of the molecule is CCNC1CCC(C)(C)CC1CN1CCSC(C)(C)CC1. The lowest BCUT2D eigenvalue weighted by Gasteiger charge is -2.43. The number of hydrogen-bond donors (Lipinski definition) is 1. The number of thioether (sulfide) groups is 1. The smallest absolute Gasteiger partial charge is 0.0116 e. The number of nitrogens with one attached hydrogen (secondary N) is 1. The summed E-state index contributed by atoms with van der Waals surface area (Å²) < 4.78 is 0.474. The first-order chi connectivity index (χ1) is 9.81. The fourth-order valence-electron chi connectivity index (χ4n) is 4.04. The molecule has 3 heteroatoms. The summed E-state index contributed by atoms with van der Waals surface area (Å²) in [6, 6.07) is 0.743. The summed E-state index contributed by atoms with van der Waals surface area (Å²) in [6.07, 6.45) is 5.46. The maximum atomic E-state index is 3.76. The summed E-state index contributed by atoms with van der Waals surface area (Å²) in [5, 5.41) is 3.76. The van der Waals surface area contributed by atoms with Gasteiger partial charge < -0.3 is 10.2 Å². The van der Waals surface area contributed by atoms with Crippen molar-refractivity contribution in [2.24, 2.45) is 11.3 Å². The Morgan fingerprint density at radius 1 is 1.14 bits per heavy atom. The normalized spacial score (nSPS) is 33.6. The Labute approximate surface area is 136 Å². The Bertz CT molecular complexity index is 327. The van der Waals surface area contributed by atoms with Gasteiger partial charge in [0.15, 0.2) is 0 Å². The molecule has 1 N–H and O–H groups in total. The second-order valence-corrected chi connectivity index (χ2v) is 10.3. The van der Waals surface area contributed by atoms with Gasteiger partial charge in [-0.15, -0.1) is 0 Å². The van der Waals surface area contributed by atoms with Crippen molar-refractivity contribution in [3.63, 3.8) is 0 Å². The molecule has 1 saturated heterocycles. The zero-order valence-electron chi connectivity index (χ0n) is 14.9. The Kier molecular flexibility index (Phi) is 6.07. The first kappa shape index (κ1) is 17.6. The van der Waals surface area contributed by atoms with E-state index in [0.29, 0.717) is 10.2 Å². The molecule has 2 aliphatic rings. The molecule has 21 heavy (non-hydrogen) atoms. The van der Waals surface area contributed by atoms with Crippen LogP contribution in [0.2, 0.25) is 0 Å². The van der Waals surface area contributed by atoms with E-state index in [4.69, 9.17) is 0 Å². The Balaban J connectivity index is 1.94. The van der Waals surface area contributed by atoms with Gasteiger partial charge in [-0.05, 0) is 50.1 Å². The minimum absolute atomic E-state index is 0.474. The third-order valence-electron chi connectivity index (χ3n) is 5.41. The molecule has 0 amide bonds. The second-order valence-electron chi connectivity index (χ2n) is 8.49. The summed E-state index contributed by atoms with van der Waals surface area (Å²) in [5.74, 6) is 2.13. The highest BCUT2D eigenvalue weighted by atomic mass is 32.2. The number of rotatable bonds is 4. The molecular formula is C18H36N2S. The van der Waals surface area contributed by atoms with Crippen molar-refractivity contribution in [3.05, 3.63) is 0 Å². The van der Waals surface area contributed by atoms with Crippen molar-refractivity contribution >= 4 is 11.8 Å². The average Bonchev–Trinajstić information content (AvgIpc) is 2.54. The summed E-state index contributed by atoms with van der Waals surface area (Å²) in [7, 11) is 0. The predicted octanol–water partition coefficient (Wildman–Crippen LogP) is 4.01. The fraction of sp³-hybridized carbons (Fsp3) is 1.00. The molecular weight excluding hydrogens is 276 g/mol. The molecule has 124 valence electrons. The van der Waals surface area contributed by atoms with E-state index in [1.54, 1.807) is 0 Å². The van der Waals surface area contributed by atoms with Gasteiger partial charge in [0.25, 0.3) is 0 Å². The standard InChI is InChI=1S/C18H36N2S/c1-6-19-16-7-8-17(2,3)13-15(16)14-20-10-9-18(4,5)21-12-11-20/h15-16,19H,6-14H2,1-5H3. The number of nitrogens with zero attached hydrogens (tertiary/aromatic N) is 1. The summed E-state index contributed by atoms with van der Waals surface area (Å²) in [5.41, 5.74) is 0.538. The van der Waals surface area contributed by atoms with Crippen LogP contribution in [-0.2, 0) is 0 Å². The second kappa shape index (κ2) is 7.23. The van der Waals surface area contributed by atoms with E-state index in [-0.39, 0.29) is 0 Å². The summed E-state index contributed by atoms with van der Waals surface area (Å²) in [6.45, 7) is 17.0. The van der Waals surface area contributed by atoms with Crippen molar-refractivity contribution in [1.29, 1.82) is 0 Å². The summed E-state index contributed by atoms with van der Waals surface area (Å²) in [4.78, 5) is 2.75. The van der Waals surface area contributed by atoms with Crippen LogP contribution >= 0.6 is 11.8 Å². The van der Waals surface area contributed by atoms with E-state index in [0.717, 1.165) is 18.5 Å². The van der Waals surface area contributed by atoms with Gasteiger partial charge in [-0.1, -0.05) is 34.6 Å². The van der Waals surface area contributed by atoms with Crippen molar-refractivity contribution in [2.75, 3.05) is 31.9 Å². The zero-order chi connectivity index (χ0) is 15.5. The molecule has 1 heterocycles. The lowest BCUT2D eigenvalue weighted by Crippen LogP contribution is -2.48. The lowest BCUT2D eigenvalue weighted by molar-refractivity contribution is 0.102. The van der Waals surface area contributed by atoms with Gasteiger partial charge in [0, 0.05) is 29.6 Å². The minimum Gasteiger partial charge on any atom is -0.314 e. The molecule has 0 aromatic heterocycles. The van der Waals surface area contributed by atoms with Crippen LogP contribution in [-0.4, -0.2) is 47.6 Å². The van der Waals surface area contributed by atoms with Crippen LogP contribution in [0.4, 0.5) is 0 Å². The molecule has 1 saturated carbocycles. The van der Waals surface area contributed by atoms with E-state index in [9.17, 15) is 0 Å². The first-order valence-electron chi connectivity index (χ1n) is 8.91. The van der Waals surface area contributed by atoms with Gasteiger partial charge in [-0.25, -0.2) is 0 Å². The van der Waals surface area contributed by atoms with Crippen LogP contribution in [0, 0.1) is 11.3 Å². The third kappa shape index (κ3) is 5.44. The van der Waals surface area contributed by atoms with E-state index in [1.165, 1.54) is 51.1 Å². The Morgan fingerprint density at radius 2 is 1.90 bits per heavy atom. The van der Waals surface area contributed by atoms with Gasteiger partial charge in [0.1, 0.15) is 0 Å². The van der Waals surface area contributed by atoms with E-state index in [1.807, 2.05) is 0 Å². The van der Waals surface area contributed by atoms with Crippen molar-refractivity contribution in [1.82, 2.24) is 10.2 Å².